The highest BCUT2D eigenvalue weighted by molar-refractivity contribution is 5.46. The molecule has 1 unspecified atom stereocenters. The van der Waals surface area contributed by atoms with Crippen LogP contribution in [0.3, 0.4) is 0 Å². The van der Waals surface area contributed by atoms with E-state index in [2.05, 4.69) is 18.1 Å². The normalized spacial score (nSPS) is 12.2. The lowest BCUT2D eigenvalue weighted by Gasteiger charge is -2.07. The maximum Gasteiger partial charge on any atom is 0.423 e. The molecule has 0 spiro atoms. The molecular weight excluding hydrogens is 164 g/mol. The van der Waals surface area contributed by atoms with Gasteiger partial charge in [0.25, 0.3) is 0 Å². The van der Waals surface area contributed by atoms with E-state index in [1.165, 1.54) is 6.47 Å². The van der Waals surface area contributed by atoms with Gasteiger partial charge in [-0.25, -0.2) is 4.79 Å². The van der Waals surface area contributed by atoms with Gasteiger partial charge in [0.2, 0.25) is 0 Å². The van der Waals surface area contributed by atoms with Gasteiger partial charge in [-0.05, 0) is 30.0 Å². The van der Waals surface area contributed by atoms with Crippen molar-refractivity contribution in [1.82, 2.24) is 0 Å². The average molecular weight is 175 g/mol. The van der Waals surface area contributed by atoms with Crippen molar-refractivity contribution in [2.24, 2.45) is 0 Å². The Balaban J connectivity index is 2.74. The third-order valence-corrected chi connectivity index (χ3v) is 1.97. The Morgan fingerprint density at radius 3 is 2.38 bits per heavy atom. The fourth-order valence-corrected chi connectivity index (χ4v) is 1.04. The quantitative estimate of drug-likeness (QED) is 0.702. The van der Waals surface area contributed by atoms with Crippen LogP contribution in [-0.2, 0) is 4.79 Å². The molecule has 1 atom stereocenters. The standard InChI is InChI=1S/C11H11O2/c1-3-9(2)10-4-6-11(7-5-10)13-8-12/h4-7,9H,1-2H3. The molecule has 1 aromatic carbocycles. The SMILES string of the molecule is C[C]C(C)c1ccc(O[C]=O)cc1. The first-order valence-electron chi connectivity index (χ1n) is 4.09. The zero-order chi connectivity index (χ0) is 9.68. The van der Waals surface area contributed by atoms with E-state index < -0.39 is 0 Å². The maximum absolute atomic E-state index is 9.89. The number of hydrogen-bond donors (Lipinski definition) is 0. The number of ether oxygens (including phenoxy) is 1. The summed E-state index contributed by atoms with van der Waals surface area (Å²) >= 11 is 0. The Morgan fingerprint density at radius 2 is 1.92 bits per heavy atom. The monoisotopic (exact) mass is 175 g/mol. The number of hydrogen-bond acceptors (Lipinski definition) is 2. The fraction of sp³-hybridized carbons (Fsp3) is 0.273. The van der Waals surface area contributed by atoms with E-state index in [4.69, 9.17) is 0 Å². The smallest absolute Gasteiger partial charge is 0.418 e. The Hall–Kier alpha value is -1.31. The third-order valence-electron chi connectivity index (χ3n) is 1.97. The molecule has 0 heterocycles. The van der Waals surface area contributed by atoms with Crippen LogP contribution >= 0.6 is 0 Å². The molecule has 2 heteroatoms. The molecule has 67 valence electrons. The van der Waals surface area contributed by atoms with Crippen molar-refractivity contribution in [2.75, 3.05) is 0 Å². The van der Waals surface area contributed by atoms with Crippen molar-refractivity contribution in [3.8, 4) is 5.75 Å². The lowest BCUT2D eigenvalue weighted by atomic mass is 9.99. The van der Waals surface area contributed by atoms with Gasteiger partial charge in [-0.3, -0.25) is 0 Å². The average Bonchev–Trinajstić information content (AvgIpc) is 2.18. The fourth-order valence-electron chi connectivity index (χ4n) is 1.04. The van der Waals surface area contributed by atoms with Crippen LogP contribution in [0.1, 0.15) is 25.3 Å². The van der Waals surface area contributed by atoms with Gasteiger partial charge in [0.05, 0.1) is 0 Å². The number of carbonyl (C=O) groups excluding carboxylic acids is 1. The van der Waals surface area contributed by atoms with E-state index in [1.54, 1.807) is 12.1 Å². The molecule has 0 N–H and O–H groups in total. The maximum atomic E-state index is 9.89. The molecule has 0 aliphatic rings. The molecule has 3 radical (unpaired) electrons. The van der Waals surface area contributed by atoms with E-state index in [0.29, 0.717) is 11.7 Å². The summed E-state index contributed by atoms with van der Waals surface area (Å²) < 4.78 is 4.55. The molecular formula is C11H11O2. The highest BCUT2D eigenvalue weighted by Gasteiger charge is 2.02. The second kappa shape index (κ2) is 4.65. The van der Waals surface area contributed by atoms with Crippen LogP contribution in [0, 0.1) is 6.42 Å². The lowest BCUT2D eigenvalue weighted by molar-refractivity contribution is 0.442. The van der Waals surface area contributed by atoms with Gasteiger partial charge in [0.1, 0.15) is 5.75 Å². The van der Waals surface area contributed by atoms with Crippen LogP contribution in [0.5, 0.6) is 5.75 Å². The molecule has 2 nitrogen and oxygen atoms in total. The second-order valence-corrected chi connectivity index (χ2v) is 2.76. The van der Waals surface area contributed by atoms with Gasteiger partial charge >= 0.3 is 6.47 Å². The first kappa shape index (κ1) is 9.78. The summed E-state index contributed by atoms with van der Waals surface area (Å²) in [6, 6.07) is 7.31. The topological polar surface area (TPSA) is 26.3 Å². The molecule has 0 aliphatic carbocycles. The van der Waals surface area contributed by atoms with Crippen molar-refractivity contribution in [3.05, 3.63) is 36.2 Å². The van der Waals surface area contributed by atoms with E-state index in [-0.39, 0.29) is 0 Å². The van der Waals surface area contributed by atoms with Gasteiger partial charge in [0.15, 0.2) is 0 Å². The Morgan fingerprint density at radius 1 is 1.31 bits per heavy atom. The molecule has 0 fully saturated rings. The van der Waals surface area contributed by atoms with E-state index in [9.17, 15) is 4.79 Å². The molecule has 0 saturated heterocycles. The van der Waals surface area contributed by atoms with Crippen LogP contribution < -0.4 is 4.74 Å². The minimum absolute atomic E-state index is 0.300. The summed E-state index contributed by atoms with van der Waals surface area (Å²) in [5, 5.41) is 0. The van der Waals surface area contributed by atoms with Gasteiger partial charge in [0, 0.05) is 0 Å². The largest absolute Gasteiger partial charge is 0.423 e. The van der Waals surface area contributed by atoms with Crippen LogP contribution in [0.2, 0.25) is 0 Å². The Labute approximate surface area is 78.5 Å². The van der Waals surface area contributed by atoms with Crippen LogP contribution in [0.4, 0.5) is 0 Å². The first-order chi connectivity index (χ1) is 6.27. The van der Waals surface area contributed by atoms with Crippen molar-refractivity contribution >= 4 is 6.47 Å². The summed E-state index contributed by atoms with van der Waals surface area (Å²) in [4.78, 5) is 9.89. The Kier molecular flexibility index (Phi) is 3.50. The van der Waals surface area contributed by atoms with Crippen LogP contribution in [-0.4, -0.2) is 6.47 Å². The number of rotatable bonds is 4. The molecule has 0 aliphatic heterocycles. The predicted molar refractivity (Wildman–Crippen MR) is 50.1 cm³/mol. The highest BCUT2D eigenvalue weighted by Crippen LogP contribution is 2.20. The third kappa shape index (κ3) is 2.58. The second-order valence-electron chi connectivity index (χ2n) is 2.76. The van der Waals surface area contributed by atoms with E-state index >= 15 is 0 Å². The van der Waals surface area contributed by atoms with Crippen molar-refractivity contribution in [3.63, 3.8) is 0 Å². The van der Waals surface area contributed by atoms with Gasteiger partial charge < -0.3 is 4.74 Å². The van der Waals surface area contributed by atoms with Gasteiger partial charge in [-0.15, -0.1) is 0 Å². The van der Waals surface area contributed by atoms with E-state index in [1.807, 2.05) is 19.1 Å². The predicted octanol–water partition coefficient (Wildman–Crippen LogP) is 2.34. The summed E-state index contributed by atoms with van der Waals surface area (Å²) in [5.41, 5.74) is 1.15. The summed E-state index contributed by atoms with van der Waals surface area (Å²) in [6.45, 7) is 5.34. The van der Waals surface area contributed by atoms with Crippen molar-refractivity contribution < 1.29 is 9.53 Å². The van der Waals surface area contributed by atoms with E-state index in [0.717, 1.165) is 5.56 Å². The number of benzene rings is 1. The molecule has 0 saturated carbocycles. The zero-order valence-electron chi connectivity index (χ0n) is 7.70. The molecule has 1 rings (SSSR count). The summed E-state index contributed by atoms with van der Waals surface area (Å²) in [6.07, 6.45) is 3.11. The minimum atomic E-state index is 0.300. The summed E-state index contributed by atoms with van der Waals surface area (Å²) in [5.74, 6) is 0.816. The Bertz CT molecular complexity index is 264. The molecule has 0 aromatic heterocycles. The lowest BCUT2D eigenvalue weighted by Crippen LogP contribution is -1.93. The zero-order valence-corrected chi connectivity index (χ0v) is 7.70. The van der Waals surface area contributed by atoms with Crippen molar-refractivity contribution in [1.29, 1.82) is 0 Å². The summed E-state index contributed by atoms with van der Waals surface area (Å²) in [7, 11) is 0. The molecule has 0 amide bonds. The molecule has 13 heavy (non-hydrogen) atoms. The van der Waals surface area contributed by atoms with Crippen molar-refractivity contribution in [2.45, 2.75) is 19.8 Å². The highest BCUT2D eigenvalue weighted by atomic mass is 16.5. The van der Waals surface area contributed by atoms with Gasteiger partial charge in [-0.2, -0.15) is 0 Å². The van der Waals surface area contributed by atoms with Crippen LogP contribution in [0.25, 0.3) is 0 Å². The minimum Gasteiger partial charge on any atom is -0.418 e. The molecule has 0 bridgehead atoms. The molecule has 1 aromatic rings. The van der Waals surface area contributed by atoms with Gasteiger partial charge in [-0.1, -0.05) is 26.0 Å². The van der Waals surface area contributed by atoms with Crippen LogP contribution in [0.15, 0.2) is 24.3 Å². The first-order valence-corrected chi connectivity index (χ1v) is 4.09.